The summed E-state index contributed by atoms with van der Waals surface area (Å²) in [6, 6.07) is 7.60. The molecule has 7 heteroatoms. The minimum absolute atomic E-state index is 0.117. The summed E-state index contributed by atoms with van der Waals surface area (Å²) in [6.07, 6.45) is 1.50. The van der Waals surface area contributed by atoms with E-state index in [0.29, 0.717) is 30.8 Å². The molecule has 2 atom stereocenters. The van der Waals surface area contributed by atoms with Gasteiger partial charge < -0.3 is 20.7 Å². The van der Waals surface area contributed by atoms with Crippen molar-refractivity contribution in [2.75, 3.05) is 13.2 Å². The summed E-state index contributed by atoms with van der Waals surface area (Å²) in [7, 11) is 0. The van der Waals surface area contributed by atoms with Gasteiger partial charge in [0.25, 0.3) is 0 Å². The van der Waals surface area contributed by atoms with Crippen LogP contribution in [0.5, 0.6) is 0 Å². The van der Waals surface area contributed by atoms with Gasteiger partial charge in [-0.15, -0.1) is 0 Å². The van der Waals surface area contributed by atoms with Crippen molar-refractivity contribution in [3.8, 4) is 0 Å². The SMILES string of the molecule is CCOC(=O)C1=C(CN[C@@H](CC)c2ccc(Br)cc2)NC(=O)N[C@@H]1CC. The zero-order valence-electron chi connectivity index (χ0n) is 15.4. The topological polar surface area (TPSA) is 79.5 Å². The number of hydrogen-bond donors (Lipinski definition) is 3. The average molecular weight is 424 g/mol. The van der Waals surface area contributed by atoms with Gasteiger partial charge in [-0.2, -0.15) is 0 Å². The summed E-state index contributed by atoms with van der Waals surface area (Å²) in [5.41, 5.74) is 2.23. The molecule has 0 saturated heterocycles. The van der Waals surface area contributed by atoms with E-state index in [1.807, 2.05) is 19.1 Å². The molecule has 1 aliphatic rings. The summed E-state index contributed by atoms with van der Waals surface area (Å²) in [5.74, 6) is -0.389. The highest BCUT2D eigenvalue weighted by atomic mass is 79.9. The second-order valence-corrected chi connectivity index (χ2v) is 6.98. The summed E-state index contributed by atoms with van der Waals surface area (Å²) in [6.45, 7) is 6.47. The Hall–Kier alpha value is -1.86. The number of nitrogens with one attached hydrogen (secondary N) is 3. The molecule has 0 fully saturated rings. The molecule has 1 aliphatic heterocycles. The number of hydrogen-bond acceptors (Lipinski definition) is 4. The molecule has 0 unspecified atom stereocenters. The number of rotatable bonds is 8. The second kappa shape index (κ2) is 9.73. The lowest BCUT2D eigenvalue weighted by Gasteiger charge is -2.29. The van der Waals surface area contributed by atoms with Crippen LogP contribution in [-0.2, 0) is 9.53 Å². The highest BCUT2D eigenvalue weighted by Gasteiger charge is 2.31. The fourth-order valence-electron chi connectivity index (χ4n) is 3.02. The van der Waals surface area contributed by atoms with Crippen LogP contribution >= 0.6 is 15.9 Å². The van der Waals surface area contributed by atoms with E-state index in [-0.39, 0.29) is 24.1 Å². The van der Waals surface area contributed by atoms with E-state index < -0.39 is 0 Å². The molecule has 6 nitrogen and oxygen atoms in total. The van der Waals surface area contributed by atoms with E-state index in [4.69, 9.17) is 4.74 Å². The monoisotopic (exact) mass is 423 g/mol. The van der Waals surface area contributed by atoms with Crippen molar-refractivity contribution in [1.29, 1.82) is 0 Å². The minimum Gasteiger partial charge on any atom is -0.463 e. The van der Waals surface area contributed by atoms with Gasteiger partial charge in [-0.25, -0.2) is 9.59 Å². The Morgan fingerprint density at radius 2 is 1.96 bits per heavy atom. The molecule has 0 aromatic heterocycles. The van der Waals surface area contributed by atoms with Crippen molar-refractivity contribution >= 4 is 27.9 Å². The van der Waals surface area contributed by atoms with Crippen LogP contribution in [0.4, 0.5) is 4.79 Å². The molecule has 3 N–H and O–H groups in total. The first kappa shape index (κ1) is 20.5. The highest BCUT2D eigenvalue weighted by molar-refractivity contribution is 9.10. The third kappa shape index (κ3) is 5.08. The van der Waals surface area contributed by atoms with Crippen LogP contribution in [-0.4, -0.2) is 31.2 Å². The van der Waals surface area contributed by atoms with E-state index in [9.17, 15) is 9.59 Å². The first-order valence-electron chi connectivity index (χ1n) is 8.96. The molecule has 1 heterocycles. The number of benzene rings is 1. The molecule has 0 radical (unpaired) electrons. The number of amides is 2. The van der Waals surface area contributed by atoms with E-state index >= 15 is 0 Å². The molecule has 2 rings (SSSR count). The Labute approximate surface area is 162 Å². The molecule has 0 spiro atoms. The summed E-state index contributed by atoms with van der Waals surface area (Å²) >= 11 is 3.44. The standard InChI is InChI=1S/C19H26BrN3O3/c1-4-14(12-7-9-13(20)10-8-12)21-11-16-17(18(24)26-6-3)15(5-2)22-19(25)23-16/h7-10,14-15,21H,4-6,11H2,1-3H3,(H2,22,23,25)/t14-,15+/m0/s1. The third-order valence-corrected chi connectivity index (χ3v) is 4.88. The molecule has 0 aliphatic carbocycles. The molecule has 0 saturated carbocycles. The third-order valence-electron chi connectivity index (χ3n) is 4.35. The van der Waals surface area contributed by atoms with Gasteiger partial charge in [-0.3, -0.25) is 0 Å². The number of ether oxygens (including phenoxy) is 1. The van der Waals surface area contributed by atoms with Crippen LogP contribution in [0.15, 0.2) is 40.0 Å². The van der Waals surface area contributed by atoms with E-state index in [1.54, 1.807) is 6.92 Å². The molecular weight excluding hydrogens is 398 g/mol. The van der Waals surface area contributed by atoms with E-state index in [2.05, 4.69) is 50.9 Å². The summed E-state index contributed by atoms with van der Waals surface area (Å²) < 4.78 is 6.22. The molecule has 0 bridgehead atoms. The maximum Gasteiger partial charge on any atom is 0.337 e. The van der Waals surface area contributed by atoms with Crippen molar-refractivity contribution < 1.29 is 14.3 Å². The summed E-state index contributed by atoms with van der Waals surface area (Å²) in [5, 5.41) is 9.00. The molecule has 142 valence electrons. The minimum atomic E-state index is -0.389. The van der Waals surface area contributed by atoms with Crippen LogP contribution in [0.3, 0.4) is 0 Å². The first-order chi connectivity index (χ1) is 12.5. The van der Waals surface area contributed by atoms with Crippen molar-refractivity contribution in [1.82, 2.24) is 16.0 Å². The maximum absolute atomic E-state index is 12.4. The van der Waals surface area contributed by atoms with Gasteiger partial charge in [0.15, 0.2) is 0 Å². The van der Waals surface area contributed by atoms with Crippen LogP contribution in [0, 0.1) is 0 Å². The van der Waals surface area contributed by atoms with Crippen molar-refractivity contribution in [3.63, 3.8) is 0 Å². The predicted octanol–water partition coefficient (Wildman–Crippen LogP) is 3.40. The van der Waals surface area contributed by atoms with Gasteiger partial charge in [0.1, 0.15) is 0 Å². The Kier molecular flexibility index (Phi) is 7.66. The fraction of sp³-hybridized carbons (Fsp3) is 0.474. The molecule has 26 heavy (non-hydrogen) atoms. The van der Waals surface area contributed by atoms with Gasteiger partial charge in [0.05, 0.1) is 18.2 Å². The number of carbonyl (C=O) groups excluding carboxylic acids is 2. The van der Waals surface area contributed by atoms with Crippen molar-refractivity contribution in [2.24, 2.45) is 0 Å². The van der Waals surface area contributed by atoms with E-state index in [0.717, 1.165) is 16.5 Å². The smallest absolute Gasteiger partial charge is 0.337 e. The Balaban J connectivity index is 2.22. The fourth-order valence-corrected chi connectivity index (χ4v) is 3.28. The Bertz CT molecular complexity index is 673. The Morgan fingerprint density at radius 3 is 2.54 bits per heavy atom. The van der Waals surface area contributed by atoms with Crippen LogP contribution in [0.2, 0.25) is 0 Å². The first-order valence-corrected chi connectivity index (χ1v) is 9.75. The van der Waals surface area contributed by atoms with Gasteiger partial charge in [0, 0.05) is 22.8 Å². The lowest BCUT2D eigenvalue weighted by Crippen LogP contribution is -2.52. The van der Waals surface area contributed by atoms with Gasteiger partial charge in [-0.05, 0) is 37.5 Å². The second-order valence-electron chi connectivity index (χ2n) is 6.07. The predicted molar refractivity (Wildman–Crippen MR) is 105 cm³/mol. The molecule has 2 amide bonds. The lowest BCUT2D eigenvalue weighted by molar-refractivity contribution is -0.139. The number of carbonyl (C=O) groups is 2. The normalized spacial score (nSPS) is 18.2. The van der Waals surface area contributed by atoms with Gasteiger partial charge in [0.2, 0.25) is 0 Å². The van der Waals surface area contributed by atoms with Crippen LogP contribution in [0.25, 0.3) is 0 Å². The van der Waals surface area contributed by atoms with Crippen LogP contribution < -0.4 is 16.0 Å². The Morgan fingerprint density at radius 1 is 1.27 bits per heavy atom. The average Bonchev–Trinajstić information content (AvgIpc) is 2.63. The lowest BCUT2D eigenvalue weighted by atomic mass is 9.99. The molecule has 1 aromatic carbocycles. The zero-order chi connectivity index (χ0) is 19.1. The number of halogens is 1. The van der Waals surface area contributed by atoms with Crippen LogP contribution in [0.1, 0.15) is 45.2 Å². The number of urea groups is 1. The van der Waals surface area contributed by atoms with Gasteiger partial charge >= 0.3 is 12.0 Å². The highest BCUT2D eigenvalue weighted by Crippen LogP contribution is 2.21. The molecular formula is C19H26BrN3O3. The van der Waals surface area contributed by atoms with Gasteiger partial charge in [-0.1, -0.05) is 41.9 Å². The quantitative estimate of drug-likeness (QED) is 0.559. The van der Waals surface area contributed by atoms with Crippen molar-refractivity contribution in [2.45, 2.75) is 45.7 Å². The molecule has 1 aromatic rings. The summed E-state index contributed by atoms with van der Waals surface area (Å²) in [4.78, 5) is 24.4. The zero-order valence-corrected chi connectivity index (χ0v) is 17.0. The van der Waals surface area contributed by atoms with E-state index in [1.165, 1.54) is 0 Å². The number of esters is 1. The maximum atomic E-state index is 12.4. The largest absolute Gasteiger partial charge is 0.463 e. The van der Waals surface area contributed by atoms with Crippen molar-refractivity contribution in [3.05, 3.63) is 45.6 Å².